The maximum Gasteiger partial charge on any atom is 0.410 e. The van der Waals surface area contributed by atoms with Gasteiger partial charge in [-0.05, 0) is 44.9 Å². The molecule has 132 valence electrons. The average Bonchev–Trinajstić information content (AvgIpc) is 2.45. The molecule has 0 spiro atoms. The minimum atomic E-state index is -0.959. The third kappa shape index (κ3) is 4.54. The summed E-state index contributed by atoms with van der Waals surface area (Å²) in [5, 5.41) is 10.5. The fourth-order valence-corrected chi connectivity index (χ4v) is 3.42. The molecule has 1 aromatic rings. The van der Waals surface area contributed by atoms with E-state index in [9.17, 15) is 14.7 Å². The van der Waals surface area contributed by atoms with Crippen LogP contribution in [0.4, 0.5) is 4.79 Å². The van der Waals surface area contributed by atoms with Gasteiger partial charge in [0.25, 0.3) is 0 Å². The van der Waals surface area contributed by atoms with Crippen LogP contribution in [0.15, 0.2) is 18.2 Å². The molecule has 2 atom stereocenters. The summed E-state index contributed by atoms with van der Waals surface area (Å²) in [6.45, 7) is 5.84. The number of amides is 1. The summed E-state index contributed by atoms with van der Waals surface area (Å²) in [5.41, 5.74) is 0.129. The van der Waals surface area contributed by atoms with Gasteiger partial charge in [0.15, 0.2) is 0 Å². The van der Waals surface area contributed by atoms with Crippen LogP contribution < -0.4 is 0 Å². The van der Waals surface area contributed by atoms with E-state index in [0.717, 1.165) is 5.56 Å². The fraction of sp³-hybridized carbons (Fsp3) is 0.529. The molecule has 0 bridgehead atoms. The Kier molecular flexibility index (Phi) is 5.66. The molecule has 1 amide bonds. The quantitative estimate of drug-likeness (QED) is 0.832. The van der Waals surface area contributed by atoms with Crippen LogP contribution in [-0.2, 0) is 9.53 Å². The zero-order chi connectivity index (χ0) is 18.1. The number of ether oxygens (including phenoxy) is 1. The van der Waals surface area contributed by atoms with Crippen molar-refractivity contribution in [2.24, 2.45) is 5.92 Å². The van der Waals surface area contributed by atoms with Crippen molar-refractivity contribution in [2.45, 2.75) is 38.7 Å². The standard InChI is InChI=1S/C17H21Cl2NO4/c1-17(2,3)24-16(23)20-7-6-11(13(9-20)15(21)22)12-5-4-10(18)8-14(12)19/h4-5,8,11,13H,6-7,9H2,1-3H3,(H,21,22)/t11-,13+/m1/s1. The lowest BCUT2D eigenvalue weighted by molar-refractivity contribution is -0.144. The summed E-state index contributed by atoms with van der Waals surface area (Å²) in [6.07, 6.45) is 0.00629. The van der Waals surface area contributed by atoms with Crippen LogP contribution in [0.3, 0.4) is 0 Å². The Morgan fingerprint density at radius 3 is 2.50 bits per heavy atom. The van der Waals surface area contributed by atoms with Gasteiger partial charge in [0.1, 0.15) is 5.60 Å². The first-order valence-electron chi connectivity index (χ1n) is 7.74. The minimum absolute atomic E-state index is 0.0911. The Bertz CT molecular complexity index is 642. The molecular formula is C17H21Cl2NO4. The molecule has 1 aromatic carbocycles. The second-order valence-corrected chi connectivity index (χ2v) is 7.78. The number of hydrogen-bond donors (Lipinski definition) is 1. The summed E-state index contributed by atoms with van der Waals surface area (Å²) in [7, 11) is 0. The van der Waals surface area contributed by atoms with Crippen molar-refractivity contribution in [1.29, 1.82) is 0 Å². The van der Waals surface area contributed by atoms with E-state index in [1.807, 2.05) is 0 Å². The summed E-state index contributed by atoms with van der Waals surface area (Å²) in [6, 6.07) is 5.06. The van der Waals surface area contributed by atoms with E-state index in [4.69, 9.17) is 27.9 Å². The van der Waals surface area contributed by atoms with Crippen molar-refractivity contribution in [3.8, 4) is 0 Å². The third-order valence-electron chi connectivity index (χ3n) is 3.94. The zero-order valence-corrected chi connectivity index (χ0v) is 15.4. The number of halogens is 2. The van der Waals surface area contributed by atoms with Crippen molar-refractivity contribution < 1.29 is 19.4 Å². The predicted molar refractivity (Wildman–Crippen MR) is 92.8 cm³/mol. The molecular weight excluding hydrogens is 353 g/mol. The lowest BCUT2D eigenvalue weighted by Gasteiger charge is -2.37. The highest BCUT2D eigenvalue weighted by molar-refractivity contribution is 6.35. The number of carboxylic acid groups (broad SMARTS) is 1. The van der Waals surface area contributed by atoms with Crippen LogP contribution >= 0.6 is 23.2 Å². The topological polar surface area (TPSA) is 66.8 Å². The summed E-state index contributed by atoms with van der Waals surface area (Å²) in [5.74, 6) is -1.98. The monoisotopic (exact) mass is 373 g/mol. The normalized spacial score (nSPS) is 21.5. The Balaban J connectivity index is 2.20. The summed E-state index contributed by atoms with van der Waals surface area (Å²) >= 11 is 12.1. The molecule has 24 heavy (non-hydrogen) atoms. The van der Waals surface area contributed by atoms with E-state index in [0.29, 0.717) is 23.0 Å². The fourth-order valence-electron chi connectivity index (χ4n) is 2.87. The highest BCUT2D eigenvalue weighted by atomic mass is 35.5. The molecule has 1 fully saturated rings. The molecule has 1 aliphatic heterocycles. The molecule has 1 aliphatic rings. The maximum atomic E-state index is 12.2. The smallest absolute Gasteiger partial charge is 0.410 e. The van der Waals surface area contributed by atoms with E-state index < -0.39 is 23.6 Å². The van der Waals surface area contributed by atoms with Gasteiger partial charge >= 0.3 is 12.1 Å². The number of carboxylic acids is 1. The number of nitrogens with zero attached hydrogens (tertiary/aromatic N) is 1. The van der Waals surface area contributed by atoms with E-state index in [-0.39, 0.29) is 12.5 Å². The highest BCUT2D eigenvalue weighted by Crippen LogP contribution is 2.38. The van der Waals surface area contributed by atoms with E-state index in [2.05, 4.69) is 0 Å². The summed E-state index contributed by atoms with van der Waals surface area (Å²) in [4.78, 5) is 25.4. The number of aliphatic carboxylic acids is 1. The molecule has 5 nitrogen and oxygen atoms in total. The SMILES string of the molecule is CC(C)(C)OC(=O)N1CC[C@H](c2ccc(Cl)cc2Cl)[C@@H](C(=O)O)C1. The number of carbonyl (C=O) groups excluding carboxylic acids is 1. The van der Waals surface area contributed by atoms with Crippen LogP contribution in [0.25, 0.3) is 0 Å². The van der Waals surface area contributed by atoms with Crippen LogP contribution in [0, 0.1) is 5.92 Å². The molecule has 0 aliphatic carbocycles. The zero-order valence-electron chi connectivity index (χ0n) is 13.9. The Morgan fingerprint density at radius 1 is 1.29 bits per heavy atom. The lowest BCUT2D eigenvalue weighted by Crippen LogP contribution is -2.47. The van der Waals surface area contributed by atoms with Crippen molar-refractivity contribution in [3.63, 3.8) is 0 Å². The van der Waals surface area contributed by atoms with Gasteiger partial charge < -0.3 is 14.7 Å². The molecule has 7 heteroatoms. The van der Waals surface area contributed by atoms with Gasteiger partial charge in [-0.15, -0.1) is 0 Å². The predicted octanol–water partition coefficient (Wildman–Crippen LogP) is 4.42. The number of carbonyl (C=O) groups is 2. The lowest BCUT2D eigenvalue weighted by atomic mass is 9.80. The van der Waals surface area contributed by atoms with Crippen LogP contribution in [-0.4, -0.2) is 40.8 Å². The molecule has 0 saturated carbocycles. The first kappa shape index (κ1) is 18.9. The van der Waals surface area contributed by atoms with Crippen molar-refractivity contribution in [3.05, 3.63) is 33.8 Å². The number of rotatable bonds is 2. The number of benzene rings is 1. The molecule has 1 saturated heterocycles. The molecule has 2 rings (SSSR count). The van der Waals surface area contributed by atoms with E-state index in [1.54, 1.807) is 39.0 Å². The largest absolute Gasteiger partial charge is 0.481 e. The van der Waals surface area contributed by atoms with Crippen LogP contribution in [0.2, 0.25) is 10.0 Å². The minimum Gasteiger partial charge on any atom is -0.481 e. The van der Waals surface area contributed by atoms with Gasteiger partial charge in [0.05, 0.1) is 5.92 Å². The second-order valence-electron chi connectivity index (χ2n) is 6.93. The second kappa shape index (κ2) is 7.19. The van der Waals surface area contributed by atoms with Crippen molar-refractivity contribution >= 4 is 35.3 Å². The van der Waals surface area contributed by atoms with E-state index >= 15 is 0 Å². The average molecular weight is 374 g/mol. The molecule has 0 aromatic heterocycles. The Hall–Kier alpha value is -1.46. The van der Waals surface area contributed by atoms with Gasteiger partial charge in [0.2, 0.25) is 0 Å². The number of hydrogen-bond acceptors (Lipinski definition) is 3. The Labute approximate surface area is 151 Å². The first-order valence-corrected chi connectivity index (χ1v) is 8.50. The molecule has 0 unspecified atom stereocenters. The van der Waals surface area contributed by atoms with Crippen LogP contribution in [0.5, 0.6) is 0 Å². The molecule has 1 heterocycles. The van der Waals surface area contributed by atoms with Gasteiger partial charge in [-0.3, -0.25) is 4.79 Å². The van der Waals surface area contributed by atoms with Gasteiger partial charge in [-0.25, -0.2) is 4.79 Å². The number of likely N-dealkylation sites (tertiary alicyclic amines) is 1. The van der Waals surface area contributed by atoms with Crippen LogP contribution in [0.1, 0.15) is 38.7 Å². The molecule has 0 radical (unpaired) electrons. The maximum absolute atomic E-state index is 12.2. The highest BCUT2D eigenvalue weighted by Gasteiger charge is 2.39. The number of piperidine rings is 1. The molecule has 1 N–H and O–H groups in total. The summed E-state index contributed by atoms with van der Waals surface area (Å²) < 4.78 is 5.34. The Morgan fingerprint density at radius 2 is 1.96 bits per heavy atom. The van der Waals surface area contributed by atoms with Gasteiger partial charge in [-0.2, -0.15) is 0 Å². The van der Waals surface area contributed by atoms with Gasteiger partial charge in [0, 0.05) is 29.1 Å². The van der Waals surface area contributed by atoms with E-state index in [1.165, 1.54) is 4.90 Å². The van der Waals surface area contributed by atoms with Crippen molar-refractivity contribution in [1.82, 2.24) is 4.90 Å². The van der Waals surface area contributed by atoms with Crippen molar-refractivity contribution in [2.75, 3.05) is 13.1 Å². The third-order valence-corrected chi connectivity index (χ3v) is 4.51. The van der Waals surface area contributed by atoms with Gasteiger partial charge in [-0.1, -0.05) is 29.3 Å². The first-order chi connectivity index (χ1) is 11.1.